The van der Waals surface area contributed by atoms with E-state index >= 15 is 0 Å². The minimum Gasteiger partial charge on any atom is -1.00 e. The molecule has 0 aliphatic carbocycles. The van der Waals surface area contributed by atoms with Crippen LogP contribution in [0.4, 0.5) is 0 Å². The number of hydrogen-bond donors (Lipinski definition) is 0. The Morgan fingerprint density at radius 2 is 2.00 bits per heavy atom. The summed E-state index contributed by atoms with van der Waals surface area (Å²) in [5.74, 6) is 2.31. The summed E-state index contributed by atoms with van der Waals surface area (Å²) in [4.78, 5) is 0. The average molecular weight is 297 g/mol. The molecule has 8 heavy (non-hydrogen) atoms. The Morgan fingerprint density at radius 1 is 1.50 bits per heavy atom. The van der Waals surface area contributed by atoms with Gasteiger partial charge in [-0.3, -0.25) is 0 Å². The van der Waals surface area contributed by atoms with Crippen LogP contribution in [0.2, 0.25) is 0 Å². The first-order valence-corrected chi connectivity index (χ1v) is 3.40. The fraction of sp³-hybridized carbons (Fsp3) is 0.600. The van der Waals surface area contributed by atoms with Crippen LogP contribution in [0, 0.1) is 12.3 Å². The molecule has 0 saturated carbocycles. The summed E-state index contributed by atoms with van der Waals surface area (Å²) in [6.45, 7) is 0. The zero-order valence-electron chi connectivity index (χ0n) is 4.58. The van der Waals surface area contributed by atoms with Crippen LogP contribution in [0.15, 0.2) is 0 Å². The van der Waals surface area contributed by atoms with Crippen LogP contribution in [0.5, 0.6) is 0 Å². The molecular formula is C5H6BrIMg. The van der Waals surface area contributed by atoms with E-state index in [-0.39, 0.29) is 40.0 Å². The molecule has 0 rings (SSSR count). The van der Waals surface area contributed by atoms with E-state index < -0.39 is 0 Å². The zero-order chi connectivity index (χ0) is 4.83. The average Bonchev–Trinajstić information content (AvgIpc) is 1.61. The van der Waals surface area contributed by atoms with Crippen molar-refractivity contribution in [2.45, 2.75) is 12.8 Å². The van der Waals surface area contributed by atoms with E-state index in [1.807, 2.05) is 0 Å². The Kier molecular flexibility index (Phi) is 32.2. The first kappa shape index (κ1) is 16.3. The summed E-state index contributed by atoms with van der Waals surface area (Å²) in [5.41, 5.74) is 0. The third kappa shape index (κ3) is 15.6. The van der Waals surface area contributed by atoms with Gasteiger partial charge < -0.3 is 29.3 Å². The molecule has 0 spiro atoms. The molecule has 3 heteroatoms. The molecule has 42 valence electrons. The Balaban J connectivity index is -0.000000125. The number of alkyl halides is 1. The van der Waals surface area contributed by atoms with Gasteiger partial charge in [-0.05, 0) is 12.8 Å². The monoisotopic (exact) mass is 296 g/mol. The number of hydrogen-bond acceptors (Lipinski definition) is 0. The Hall–Kier alpha value is 1.54. The summed E-state index contributed by atoms with van der Waals surface area (Å²) in [5, 5.41) is 0. The third-order valence-electron chi connectivity index (χ3n) is 0.435. The molecule has 0 aromatic rings. The van der Waals surface area contributed by atoms with Gasteiger partial charge in [-0.15, -0.1) is 0 Å². The molecule has 0 atom stereocenters. The van der Waals surface area contributed by atoms with Crippen molar-refractivity contribution >= 4 is 45.6 Å². The van der Waals surface area contributed by atoms with E-state index in [2.05, 4.69) is 28.5 Å². The van der Waals surface area contributed by atoms with Gasteiger partial charge in [-0.2, -0.15) is 0 Å². The van der Waals surface area contributed by atoms with Gasteiger partial charge >= 0.3 is 23.1 Å². The molecule has 0 N–H and O–H groups in total. The van der Waals surface area contributed by atoms with Crippen molar-refractivity contribution in [3.63, 3.8) is 0 Å². The van der Waals surface area contributed by atoms with Crippen molar-refractivity contribution in [1.82, 2.24) is 0 Å². The number of unbranched alkanes of at least 4 members (excludes halogenated alkanes) is 1. The maximum atomic E-state index is 6.45. The van der Waals surface area contributed by atoms with Crippen molar-refractivity contribution in [3.8, 4) is 5.92 Å². The molecule has 0 heterocycles. The quantitative estimate of drug-likeness (QED) is 0.144. The molecule has 0 aromatic carbocycles. The van der Waals surface area contributed by atoms with Crippen molar-refractivity contribution in [2.24, 2.45) is 0 Å². The SMILES string of the molecule is [Br-].[C-]#CCCCI.[Mg+2]. The fourth-order valence-electron chi connectivity index (χ4n) is 0.155. The zero-order valence-corrected chi connectivity index (χ0v) is 9.74. The molecule has 0 aliphatic rings. The maximum absolute atomic E-state index is 6.45. The molecule has 0 saturated heterocycles. The van der Waals surface area contributed by atoms with Crippen LogP contribution >= 0.6 is 22.6 Å². The van der Waals surface area contributed by atoms with Gasteiger partial charge in [0, 0.05) is 4.43 Å². The van der Waals surface area contributed by atoms with E-state index in [0.717, 1.165) is 17.3 Å². The van der Waals surface area contributed by atoms with Crippen LogP contribution in [0.1, 0.15) is 12.8 Å². The van der Waals surface area contributed by atoms with Crippen molar-refractivity contribution in [1.29, 1.82) is 0 Å². The van der Waals surface area contributed by atoms with Gasteiger partial charge in [-0.25, -0.2) is 0 Å². The van der Waals surface area contributed by atoms with Crippen LogP contribution in [-0.4, -0.2) is 27.5 Å². The van der Waals surface area contributed by atoms with Gasteiger partial charge in [0.1, 0.15) is 0 Å². The van der Waals surface area contributed by atoms with Gasteiger partial charge in [0.05, 0.1) is 0 Å². The first-order chi connectivity index (χ1) is 2.91. The van der Waals surface area contributed by atoms with Crippen LogP contribution in [0.25, 0.3) is 0 Å². The van der Waals surface area contributed by atoms with E-state index in [1.165, 1.54) is 0 Å². The molecule has 0 radical (unpaired) electrons. The second-order valence-electron chi connectivity index (χ2n) is 0.969. The predicted octanol–water partition coefficient (Wildman–Crippen LogP) is -1.59. The Labute approximate surface area is 91.2 Å². The largest absolute Gasteiger partial charge is 2.00 e. The topological polar surface area (TPSA) is 0 Å². The van der Waals surface area contributed by atoms with Gasteiger partial charge in [-0.1, -0.05) is 22.6 Å². The van der Waals surface area contributed by atoms with Crippen molar-refractivity contribution in [2.75, 3.05) is 4.43 Å². The summed E-state index contributed by atoms with van der Waals surface area (Å²) in [6.07, 6.45) is 8.38. The van der Waals surface area contributed by atoms with E-state index in [9.17, 15) is 0 Å². The van der Waals surface area contributed by atoms with E-state index in [0.29, 0.717) is 0 Å². The molecular weight excluding hydrogens is 291 g/mol. The fourth-order valence-corrected chi connectivity index (χ4v) is 0.537. The molecule has 0 unspecified atom stereocenters. The normalized spacial score (nSPS) is 5.50. The standard InChI is InChI=1S/C5H6I.BrH.Mg/c1-2-3-4-5-6;;/h3-5H2;1H;/q-1;;+2/p-1. The second kappa shape index (κ2) is 15.8. The molecule has 0 aliphatic heterocycles. The summed E-state index contributed by atoms with van der Waals surface area (Å²) >= 11 is 2.29. The van der Waals surface area contributed by atoms with E-state index in [1.54, 1.807) is 0 Å². The minimum atomic E-state index is 0. The third-order valence-corrected chi connectivity index (χ3v) is 1.20. The molecule has 0 nitrogen and oxygen atoms in total. The molecule has 0 aromatic heterocycles. The Bertz CT molecular complexity index is 59.9. The summed E-state index contributed by atoms with van der Waals surface area (Å²) in [7, 11) is 0. The smallest absolute Gasteiger partial charge is 1.00 e. The van der Waals surface area contributed by atoms with Crippen LogP contribution in [-0.2, 0) is 0 Å². The summed E-state index contributed by atoms with van der Waals surface area (Å²) in [6, 6.07) is 0. The number of rotatable bonds is 2. The first-order valence-electron chi connectivity index (χ1n) is 1.87. The van der Waals surface area contributed by atoms with E-state index in [4.69, 9.17) is 6.42 Å². The molecule has 0 fully saturated rings. The molecule has 0 bridgehead atoms. The van der Waals surface area contributed by atoms with Crippen LogP contribution in [0.3, 0.4) is 0 Å². The van der Waals surface area contributed by atoms with Crippen molar-refractivity contribution in [3.05, 3.63) is 6.42 Å². The second-order valence-corrected chi connectivity index (χ2v) is 2.05. The van der Waals surface area contributed by atoms with Crippen molar-refractivity contribution < 1.29 is 17.0 Å². The van der Waals surface area contributed by atoms with Gasteiger partial charge in [0.15, 0.2) is 0 Å². The Morgan fingerprint density at radius 3 is 2.12 bits per heavy atom. The van der Waals surface area contributed by atoms with Gasteiger partial charge in [0.25, 0.3) is 0 Å². The maximum Gasteiger partial charge on any atom is 2.00 e. The minimum absolute atomic E-state index is 0. The number of halogens is 2. The predicted molar refractivity (Wildman–Crippen MR) is 41.0 cm³/mol. The van der Waals surface area contributed by atoms with Gasteiger partial charge in [0.2, 0.25) is 0 Å². The molecule has 0 amide bonds. The van der Waals surface area contributed by atoms with Crippen LogP contribution < -0.4 is 17.0 Å². The summed E-state index contributed by atoms with van der Waals surface area (Å²) < 4.78 is 1.14.